The summed E-state index contributed by atoms with van der Waals surface area (Å²) in [7, 11) is 0. The van der Waals surface area contributed by atoms with Crippen molar-refractivity contribution in [1.29, 1.82) is 0 Å². The standard InChI is InChI=1S/C16H28O2/c1-3-4-5-6-7-8-9-10-11-12-13-14-15-18-16(2)17/h3-6,9-15H2,1-2H3. The maximum atomic E-state index is 10.5. The molecule has 0 aliphatic rings. The number of carbonyl (C=O) groups is 1. The van der Waals surface area contributed by atoms with Gasteiger partial charge < -0.3 is 4.74 Å². The van der Waals surface area contributed by atoms with E-state index < -0.39 is 0 Å². The molecule has 0 saturated carbocycles. The first-order valence-electron chi connectivity index (χ1n) is 7.36. The summed E-state index contributed by atoms with van der Waals surface area (Å²) in [6, 6.07) is 0. The van der Waals surface area contributed by atoms with Gasteiger partial charge in [-0.1, -0.05) is 39.0 Å². The monoisotopic (exact) mass is 252 g/mol. The summed E-state index contributed by atoms with van der Waals surface area (Å²) >= 11 is 0. The molecule has 0 heterocycles. The van der Waals surface area contributed by atoms with Crippen LogP contribution in [0.15, 0.2) is 0 Å². The number of hydrogen-bond acceptors (Lipinski definition) is 2. The van der Waals surface area contributed by atoms with Crippen LogP contribution in [0.5, 0.6) is 0 Å². The van der Waals surface area contributed by atoms with Crippen molar-refractivity contribution in [3.8, 4) is 11.8 Å². The lowest BCUT2D eigenvalue weighted by Gasteiger charge is -2.01. The van der Waals surface area contributed by atoms with Gasteiger partial charge in [-0.3, -0.25) is 4.79 Å². The number of hydrogen-bond donors (Lipinski definition) is 0. The topological polar surface area (TPSA) is 26.3 Å². The van der Waals surface area contributed by atoms with Crippen LogP contribution < -0.4 is 0 Å². The van der Waals surface area contributed by atoms with E-state index in [0.717, 1.165) is 25.7 Å². The molecule has 0 saturated heterocycles. The zero-order valence-corrected chi connectivity index (χ0v) is 12.1. The lowest BCUT2D eigenvalue weighted by molar-refractivity contribution is -0.141. The van der Waals surface area contributed by atoms with E-state index in [1.165, 1.54) is 45.4 Å². The van der Waals surface area contributed by atoms with E-state index in [1.54, 1.807) is 0 Å². The van der Waals surface area contributed by atoms with E-state index in [4.69, 9.17) is 4.74 Å². The zero-order valence-electron chi connectivity index (χ0n) is 12.1. The van der Waals surface area contributed by atoms with Crippen LogP contribution in [0.3, 0.4) is 0 Å². The Morgan fingerprint density at radius 3 is 2.06 bits per heavy atom. The molecular formula is C16H28O2. The van der Waals surface area contributed by atoms with Crippen LogP contribution in [0.2, 0.25) is 0 Å². The average molecular weight is 252 g/mol. The highest BCUT2D eigenvalue weighted by atomic mass is 16.5. The van der Waals surface area contributed by atoms with Crippen molar-refractivity contribution in [1.82, 2.24) is 0 Å². The summed E-state index contributed by atoms with van der Waals surface area (Å²) in [4.78, 5) is 10.5. The van der Waals surface area contributed by atoms with Crippen LogP contribution in [0, 0.1) is 11.8 Å². The average Bonchev–Trinajstić information content (AvgIpc) is 2.34. The van der Waals surface area contributed by atoms with Crippen molar-refractivity contribution < 1.29 is 9.53 Å². The second-order valence-electron chi connectivity index (χ2n) is 4.67. The van der Waals surface area contributed by atoms with Gasteiger partial charge in [0, 0.05) is 19.8 Å². The van der Waals surface area contributed by atoms with E-state index in [9.17, 15) is 4.79 Å². The predicted octanol–water partition coefficient (Wildman–Crippen LogP) is 4.47. The smallest absolute Gasteiger partial charge is 0.302 e. The Morgan fingerprint density at radius 1 is 0.889 bits per heavy atom. The molecule has 0 aliphatic heterocycles. The number of esters is 1. The van der Waals surface area contributed by atoms with Crippen LogP contribution in [-0.2, 0) is 9.53 Å². The third-order valence-electron chi connectivity index (χ3n) is 2.78. The Morgan fingerprint density at radius 2 is 1.44 bits per heavy atom. The Labute approximate surface area is 112 Å². The van der Waals surface area contributed by atoms with Crippen molar-refractivity contribution in [2.75, 3.05) is 6.61 Å². The van der Waals surface area contributed by atoms with Crippen LogP contribution in [0.25, 0.3) is 0 Å². The summed E-state index contributed by atoms with van der Waals surface area (Å²) in [5, 5.41) is 0. The highest BCUT2D eigenvalue weighted by molar-refractivity contribution is 5.65. The van der Waals surface area contributed by atoms with Gasteiger partial charge in [0.15, 0.2) is 0 Å². The second-order valence-corrected chi connectivity index (χ2v) is 4.67. The van der Waals surface area contributed by atoms with Gasteiger partial charge in [-0.05, 0) is 19.3 Å². The lowest BCUT2D eigenvalue weighted by atomic mass is 10.1. The summed E-state index contributed by atoms with van der Waals surface area (Å²) in [5.41, 5.74) is 0. The first kappa shape index (κ1) is 17.0. The zero-order chi connectivity index (χ0) is 13.5. The minimum atomic E-state index is -0.173. The maximum absolute atomic E-state index is 10.5. The summed E-state index contributed by atoms with van der Waals surface area (Å²) in [5.74, 6) is 6.31. The summed E-state index contributed by atoms with van der Waals surface area (Å²) in [6.07, 6.45) is 11.7. The van der Waals surface area contributed by atoms with Crippen molar-refractivity contribution in [3.63, 3.8) is 0 Å². The predicted molar refractivity (Wildman–Crippen MR) is 76.3 cm³/mol. The molecule has 104 valence electrons. The molecule has 2 nitrogen and oxygen atoms in total. The van der Waals surface area contributed by atoms with Crippen LogP contribution in [0.4, 0.5) is 0 Å². The number of ether oxygens (including phenoxy) is 1. The molecule has 0 N–H and O–H groups in total. The minimum Gasteiger partial charge on any atom is -0.466 e. The first-order chi connectivity index (χ1) is 8.77. The molecule has 0 unspecified atom stereocenters. The van der Waals surface area contributed by atoms with E-state index >= 15 is 0 Å². The molecule has 0 aliphatic carbocycles. The highest BCUT2D eigenvalue weighted by Crippen LogP contribution is 2.05. The normalized spacial score (nSPS) is 9.67. The van der Waals surface area contributed by atoms with Gasteiger partial charge in [-0.2, -0.15) is 0 Å². The van der Waals surface area contributed by atoms with Crippen LogP contribution in [-0.4, -0.2) is 12.6 Å². The van der Waals surface area contributed by atoms with E-state index in [0.29, 0.717) is 6.61 Å². The SMILES string of the molecule is CCCCCC#CCCCCCCCOC(C)=O. The molecule has 2 heteroatoms. The lowest BCUT2D eigenvalue weighted by Crippen LogP contribution is -1.99. The Bertz CT molecular complexity index is 248. The number of rotatable bonds is 10. The molecule has 0 amide bonds. The van der Waals surface area contributed by atoms with Crippen molar-refractivity contribution >= 4 is 5.97 Å². The molecule has 0 aromatic rings. The fourth-order valence-corrected chi connectivity index (χ4v) is 1.70. The molecule has 18 heavy (non-hydrogen) atoms. The van der Waals surface area contributed by atoms with Crippen LogP contribution >= 0.6 is 0 Å². The van der Waals surface area contributed by atoms with Gasteiger partial charge in [0.1, 0.15) is 0 Å². The van der Waals surface area contributed by atoms with Gasteiger partial charge in [-0.15, -0.1) is 11.8 Å². The van der Waals surface area contributed by atoms with Gasteiger partial charge in [0.05, 0.1) is 6.61 Å². The Kier molecular flexibility index (Phi) is 13.3. The highest BCUT2D eigenvalue weighted by Gasteiger charge is 1.93. The fraction of sp³-hybridized carbons (Fsp3) is 0.812. The number of carbonyl (C=O) groups excluding carboxylic acids is 1. The molecule has 0 fully saturated rings. The quantitative estimate of drug-likeness (QED) is 0.326. The van der Waals surface area contributed by atoms with Gasteiger partial charge in [-0.25, -0.2) is 0 Å². The molecule has 0 radical (unpaired) electrons. The molecule has 0 rings (SSSR count). The second kappa shape index (κ2) is 14.1. The van der Waals surface area contributed by atoms with Crippen molar-refractivity contribution in [2.45, 2.75) is 78.1 Å². The summed E-state index contributed by atoms with van der Waals surface area (Å²) in [6.45, 7) is 4.25. The van der Waals surface area contributed by atoms with Crippen LogP contribution in [0.1, 0.15) is 78.1 Å². The Balaban J connectivity index is 3.08. The summed E-state index contributed by atoms with van der Waals surface area (Å²) < 4.78 is 4.87. The van der Waals surface area contributed by atoms with E-state index in [1.807, 2.05) is 0 Å². The fourth-order valence-electron chi connectivity index (χ4n) is 1.70. The van der Waals surface area contributed by atoms with Gasteiger partial charge in [0.25, 0.3) is 0 Å². The molecular weight excluding hydrogens is 224 g/mol. The van der Waals surface area contributed by atoms with Gasteiger partial charge in [0.2, 0.25) is 0 Å². The van der Waals surface area contributed by atoms with Crippen molar-refractivity contribution in [2.24, 2.45) is 0 Å². The largest absolute Gasteiger partial charge is 0.466 e. The maximum Gasteiger partial charge on any atom is 0.302 e. The van der Waals surface area contributed by atoms with E-state index in [-0.39, 0.29) is 5.97 Å². The molecule has 0 spiro atoms. The molecule has 0 aromatic carbocycles. The first-order valence-corrected chi connectivity index (χ1v) is 7.36. The van der Waals surface area contributed by atoms with E-state index in [2.05, 4.69) is 18.8 Å². The molecule has 0 aromatic heterocycles. The third kappa shape index (κ3) is 15.0. The third-order valence-corrected chi connectivity index (χ3v) is 2.78. The van der Waals surface area contributed by atoms with Crippen molar-refractivity contribution in [3.05, 3.63) is 0 Å². The minimum absolute atomic E-state index is 0.173. The number of unbranched alkanes of at least 4 members (excludes halogenated alkanes) is 8. The molecule has 0 atom stereocenters. The van der Waals surface area contributed by atoms with Gasteiger partial charge >= 0.3 is 5.97 Å². The Hall–Kier alpha value is -0.970. The molecule has 0 bridgehead atoms.